The first-order valence-corrected chi connectivity index (χ1v) is 5.78. The maximum atomic E-state index is 12.1. The molecule has 1 aliphatic heterocycles. The topological polar surface area (TPSA) is 20.3 Å². The van der Waals surface area contributed by atoms with Crippen molar-refractivity contribution in [3.05, 3.63) is 0 Å². The highest BCUT2D eigenvalue weighted by Crippen LogP contribution is 2.54. The molecule has 2 fully saturated rings. The second-order valence-corrected chi connectivity index (χ2v) is 5.71. The summed E-state index contributed by atoms with van der Waals surface area (Å²) in [6, 6.07) is 0. The molecule has 2 heteroatoms. The van der Waals surface area contributed by atoms with E-state index < -0.39 is 0 Å². The van der Waals surface area contributed by atoms with E-state index in [1.807, 2.05) is 0 Å². The summed E-state index contributed by atoms with van der Waals surface area (Å²) in [5.41, 5.74) is 0.0168. The number of piperidine rings is 1. The zero-order valence-corrected chi connectivity index (χ0v) is 9.71. The Morgan fingerprint density at radius 1 is 1.43 bits per heavy atom. The molecule has 1 amide bonds. The van der Waals surface area contributed by atoms with Crippen LogP contribution in [0.3, 0.4) is 0 Å². The predicted octanol–water partition coefficient (Wildman–Crippen LogP) is 2.29. The molecule has 3 atom stereocenters. The van der Waals surface area contributed by atoms with Crippen LogP contribution in [0.5, 0.6) is 0 Å². The molecule has 2 nitrogen and oxygen atoms in total. The first-order valence-electron chi connectivity index (χ1n) is 5.78. The number of fused-ring (bicyclic) bond motifs is 1. The van der Waals surface area contributed by atoms with E-state index >= 15 is 0 Å². The van der Waals surface area contributed by atoms with Crippen molar-refractivity contribution in [2.45, 2.75) is 46.1 Å². The van der Waals surface area contributed by atoms with Gasteiger partial charge in [-0.25, -0.2) is 0 Å². The Kier molecular flexibility index (Phi) is 2.13. The summed E-state index contributed by atoms with van der Waals surface area (Å²) in [6.45, 7) is 9.58. The average molecular weight is 195 g/mol. The molecule has 14 heavy (non-hydrogen) atoms. The second kappa shape index (κ2) is 2.98. The van der Waals surface area contributed by atoms with Gasteiger partial charge in [0.2, 0.25) is 5.91 Å². The minimum Gasteiger partial charge on any atom is -0.338 e. The Morgan fingerprint density at radius 3 is 2.57 bits per heavy atom. The fraction of sp³-hybridized carbons (Fsp3) is 0.917. The van der Waals surface area contributed by atoms with Crippen LogP contribution in [0.1, 0.15) is 40.5 Å². The number of carbonyl (C=O) groups excluding carboxylic acids is 1. The van der Waals surface area contributed by atoms with Gasteiger partial charge in [-0.3, -0.25) is 4.79 Å². The van der Waals surface area contributed by atoms with Crippen molar-refractivity contribution in [1.82, 2.24) is 4.90 Å². The van der Waals surface area contributed by atoms with E-state index in [0.29, 0.717) is 17.7 Å². The summed E-state index contributed by atoms with van der Waals surface area (Å²) >= 11 is 0. The number of nitrogens with zero attached hydrogens (tertiary/aromatic N) is 1. The largest absolute Gasteiger partial charge is 0.338 e. The van der Waals surface area contributed by atoms with Crippen molar-refractivity contribution in [1.29, 1.82) is 0 Å². The normalized spacial score (nSPS) is 37.0. The Hall–Kier alpha value is -0.530. The van der Waals surface area contributed by atoms with Crippen LogP contribution in [0.15, 0.2) is 0 Å². The number of hydrogen-bond acceptors (Lipinski definition) is 1. The maximum absolute atomic E-state index is 12.1. The first kappa shape index (κ1) is 10.0. The van der Waals surface area contributed by atoms with Crippen molar-refractivity contribution in [2.24, 2.45) is 17.8 Å². The van der Waals surface area contributed by atoms with E-state index in [1.165, 1.54) is 12.8 Å². The van der Waals surface area contributed by atoms with Gasteiger partial charge in [0.15, 0.2) is 0 Å². The van der Waals surface area contributed by atoms with Crippen molar-refractivity contribution >= 4 is 5.91 Å². The lowest BCUT2D eigenvalue weighted by atomic mass is 10.0. The van der Waals surface area contributed by atoms with Crippen LogP contribution in [-0.2, 0) is 4.79 Å². The van der Waals surface area contributed by atoms with Crippen molar-refractivity contribution in [2.75, 3.05) is 6.54 Å². The molecule has 0 bridgehead atoms. The third-order valence-electron chi connectivity index (χ3n) is 3.85. The molecule has 0 aromatic carbocycles. The van der Waals surface area contributed by atoms with E-state index in [9.17, 15) is 4.79 Å². The lowest BCUT2D eigenvalue weighted by molar-refractivity contribution is -0.140. The standard InChI is InChI=1S/C12H21NO/c1-5-8-9-6-7-13(12(2,3)4)11(14)10(8)9/h8-10H,5-7H2,1-4H3/t8-,9+,10-/m1/s1. The maximum Gasteiger partial charge on any atom is 0.226 e. The highest BCUT2D eigenvalue weighted by Gasteiger charge is 2.57. The van der Waals surface area contributed by atoms with Gasteiger partial charge < -0.3 is 4.90 Å². The summed E-state index contributed by atoms with van der Waals surface area (Å²) in [7, 11) is 0. The minimum absolute atomic E-state index is 0.0168. The van der Waals surface area contributed by atoms with Gasteiger partial charge in [0.25, 0.3) is 0 Å². The molecule has 2 rings (SSSR count). The molecule has 1 aliphatic carbocycles. The molecule has 80 valence electrons. The Labute approximate surface area is 86.7 Å². The summed E-state index contributed by atoms with van der Waals surface area (Å²) in [6.07, 6.45) is 2.41. The number of amides is 1. The van der Waals surface area contributed by atoms with Gasteiger partial charge in [0.1, 0.15) is 0 Å². The molecule has 1 saturated carbocycles. The van der Waals surface area contributed by atoms with Crippen molar-refractivity contribution in [3.8, 4) is 0 Å². The Bertz CT molecular complexity index is 250. The van der Waals surface area contributed by atoms with Gasteiger partial charge in [0, 0.05) is 18.0 Å². The van der Waals surface area contributed by atoms with E-state index in [1.54, 1.807) is 0 Å². The van der Waals surface area contributed by atoms with Gasteiger partial charge in [-0.2, -0.15) is 0 Å². The lowest BCUT2D eigenvalue weighted by Crippen LogP contribution is -2.49. The number of rotatable bonds is 1. The van der Waals surface area contributed by atoms with Gasteiger partial charge in [-0.05, 0) is 39.0 Å². The average Bonchev–Trinajstić information content (AvgIpc) is 2.76. The number of carbonyl (C=O) groups is 1. The van der Waals surface area contributed by atoms with Crippen molar-refractivity contribution < 1.29 is 4.79 Å². The highest BCUT2D eigenvalue weighted by molar-refractivity contribution is 5.84. The van der Waals surface area contributed by atoms with Crippen LogP contribution in [0, 0.1) is 17.8 Å². The number of hydrogen-bond donors (Lipinski definition) is 0. The third-order valence-corrected chi connectivity index (χ3v) is 3.85. The molecule has 0 aromatic heterocycles. The fourth-order valence-electron chi connectivity index (χ4n) is 3.00. The van der Waals surface area contributed by atoms with E-state index in [-0.39, 0.29) is 5.54 Å². The summed E-state index contributed by atoms with van der Waals surface area (Å²) in [4.78, 5) is 14.2. The van der Waals surface area contributed by atoms with Gasteiger partial charge in [0.05, 0.1) is 0 Å². The SMILES string of the molecule is CC[C@@H]1[C@@H]2CCN(C(C)(C)C)C(=O)[C@H]12. The van der Waals surface area contributed by atoms with Crippen LogP contribution < -0.4 is 0 Å². The lowest BCUT2D eigenvalue weighted by Gasteiger charge is -2.38. The molecule has 0 aromatic rings. The van der Waals surface area contributed by atoms with E-state index in [2.05, 4.69) is 32.6 Å². The zero-order chi connectivity index (χ0) is 10.5. The van der Waals surface area contributed by atoms with Crippen LogP contribution in [0.4, 0.5) is 0 Å². The van der Waals surface area contributed by atoms with Crippen molar-refractivity contribution in [3.63, 3.8) is 0 Å². The number of likely N-dealkylation sites (tertiary alicyclic amines) is 1. The van der Waals surface area contributed by atoms with Gasteiger partial charge in [-0.1, -0.05) is 13.3 Å². The van der Waals surface area contributed by atoms with Crippen LogP contribution in [0.2, 0.25) is 0 Å². The summed E-state index contributed by atoms with van der Waals surface area (Å²) in [5.74, 6) is 2.23. The van der Waals surface area contributed by atoms with Gasteiger partial charge in [-0.15, -0.1) is 0 Å². The molecule has 0 radical (unpaired) electrons. The molecule has 1 heterocycles. The van der Waals surface area contributed by atoms with Gasteiger partial charge >= 0.3 is 0 Å². The summed E-state index contributed by atoms with van der Waals surface area (Å²) < 4.78 is 0. The first-order chi connectivity index (χ1) is 6.46. The molecule has 1 saturated heterocycles. The zero-order valence-electron chi connectivity index (χ0n) is 9.71. The summed E-state index contributed by atoms with van der Waals surface area (Å²) in [5, 5.41) is 0. The fourth-order valence-corrected chi connectivity index (χ4v) is 3.00. The minimum atomic E-state index is 0.0168. The molecule has 0 unspecified atom stereocenters. The third kappa shape index (κ3) is 1.35. The Balaban J connectivity index is 2.09. The van der Waals surface area contributed by atoms with E-state index in [0.717, 1.165) is 12.5 Å². The molecular weight excluding hydrogens is 174 g/mol. The molecular formula is C12H21NO. The second-order valence-electron chi connectivity index (χ2n) is 5.71. The predicted molar refractivity (Wildman–Crippen MR) is 56.8 cm³/mol. The molecule has 0 spiro atoms. The van der Waals surface area contributed by atoms with E-state index in [4.69, 9.17) is 0 Å². The Morgan fingerprint density at radius 2 is 2.07 bits per heavy atom. The highest BCUT2D eigenvalue weighted by atomic mass is 16.2. The molecule has 2 aliphatic rings. The smallest absolute Gasteiger partial charge is 0.226 e. The van der Waals surface area contributed by atoms with Crippen LogP contribution in [-0.4, -0.2) is 22.9 Å². The van der Waals surface area contributed by atoms with Crippen LogP contribution >= 0.6 is 0 Å². The monoisotopic (exact) mass is 195 g/mol. The molecule has 0 N–H and O–H groups in total. The quantitative estimate of drug-likeness (QED) is 0.628. The van der Waals surface area contributed by atoms with Crippen LogP contribution in [0.25, 0.3) is 0 Å².